The van der Waals surface area contributed by atoms with Crippen molar-refractivity contribution < 1.29 is 31.1 Å². The highest BCUT2D eigenvalue weighted by molar-refractivity contribution is 6.06. The second-order valence-electron chi connectivity index (χ2n) is 8.45. The van der Waals surface area contributed by atoms with Crippen molar-refractivity contribution in [2.45, 2.75) is 32.0 Å². The molecule has 1 aliphatic rings. The molecule has 0 aliphatic carbocycles. The van der Waals surface area contributed by atoms with Gasteiger partial charge < -0.3 is 5.32 Å². The first-order valence-corrected chi connectivity index (χ1v) is 10.5. The third-order valence-electron chi connectivity index (χ3n) is 6.18. The van der Waals surface area contributed by atoms with Gasteiger partial charge in [-0.25, -0.2) is 32.8 Å². The lowest BCUT2D eigenvalue weighted by Gasteiger charge is -2.25. The molecule has 1 amide bonds. The number of fused-ring (bicyclic) bond motifs is 2. The molecule has 0 saturated heterocycles. The molecule has 0 radical (unpaired) electrons. The van der Waals surface area contributed by atoms with Gasteiger partial charge in [-0.15, -0.1) is 0 Å². The van der Waals surface area contributed by atoms with Gasteiger partial charge in [-0.3, -0.25) is 4.79 Å². The molecule has 188 valence electrons. The minimum absolute atomic E-state index is 0.00772. The molecule has 0 fully saturated rings. The molecule has 0 saturated carbocycles. The van der Waals surface area contributed by atoms with Crippen molar-refractivity contribution in [1.29, 1.82) is 5.26 Å². The van der Waals surface area contributed by atoms with Crippen LogP contribution in [0.2, 0.25) is 0 Å². The van der Waals surface area contributed by atoms with E-state index in [1.165, 1.54) is 19.1 Å². The number of aromatic nitrogens is 5. The van der Waals surface area contributed by atoms with Crippen LogP contribution in [-0.2, 0) is 16.8 Å². The van der Waals surface area contributed by atoms with Crippen LogP contribution >= 0.6 is 0 Å². The van der Waals surface area contributed by atoms with Crippen LogP contribution in [0.1, 0.15) is 29.4 Å². The van der Waals surface area contributed by atoms with Crippen LogP contribution in [0.3, 0.4) is 0 Å². The molecule has 1 aromatic carbocycles. The lowest BCUT2D eigenvalue weighted by molar-refractivity contribution is -0.186. The normalized spacial score (nSPS) is 17.1. The zero-order chi connectivity index (χ0) is 26.9. The number of carbonyl (C=O) groups is 1. The first kappa shape index (κ1) is 24.2. The van der Waals surface area contributed by atoms with E-state index in [0.717, 1.165) is 16.8 Å². The van der Waals surface area contributed by atoms with E-state index >= 15 is 0 Å². The summed E-state index contributed by atoms with van der Waals surface area (Å²) in [5.74, 6) is -5.40. The number of hydrogen-bond acceptors (Lipinski definition) is 6. The van der Waals surface area contributed by atoms with Crippen LogP contribution in [0, 0.1) is 35.7 Å². The van der Waals surface area contributed by atoms with Gasteiger partial charge in [0.25, 0.3) is 0 Å². The average molecular weight is 517 g/mol. The quantitative estimate of drug-likeness (QED) is 0.406. The first-order valence-electron chi connectivity index (χ1n) is 10.5. The number of hydrogen-bond donors (Lipinski definition) is 1. The minimum atomic E-state index is -5.06. The van der Waals surface area contributed by atoms with Crippen LogP contribution in [0.25, 0.3) is 22.6 Å². The summed E-state index contributed by atoms with van der Waals surface area (Å²) in [7, 11) is 0. The number of alkyl halides is 3. The second kappa shape index (κ2) is 7.99. The van der Waals surface area contributed by atoms with Crippen LogP contribution in [0.4, 0.5) is 32.2 Å². The summed E-state index contributed by atoms with van der Waals surface area (Å²) < 4.78 is 85.1. The number of amides is 1. The SMILES string of the molecule is Cc1nc2c(cc1F)c(-c1nc(C#N)c3c(n1)NC(=O)C3(C)C(F)(F)F)nn2Cc1cccc(F)c1F. The topological polar surface area (TPSA) is 109 Å². The number of nitrogens with one attached hydrogen (secondary N) is 1. The lowest BCUT2D eigenvalue weighted by atomic mass is 9.82. The van der Waals surface area contributed by atoms with Crippen molar-refractivity contribution >= 4 is 22.8 Å². The smallest absolute Gasteiger partial charge is 0.309 e. The van der Waals surface area contributed by atoms with E-state index in [2.05, 4.69) is 20.1 Å². The summed E-state index contributed by atoms with van der Waals surface area (Å²) in [6.45, 7) is 1.62. The number of nitrogens with zero attached hydrogens (tertiary/aromatic N) is 6. The van der Waals surface area contributed by atoms with Gasteiger partial charge >= 0.3 is 6.18 Å². The van der Waals surface area contributed by atoms with Gasteiger partial charge in [0.05, 0.1) is 23.2 Å². The van der Waals surface area contributed by atoms with Gasteiger partial charge in [-0.05, 0) is 26.0 Å². The number of carbonyl (C=O) groups excluding carboxylic acids is 1. The van der Waals surface area contributed by atoms with E-state index in [0.29, 0.717) is 6.92 Å². The Morgan fingerprint density at radius 1 is 1.14 bits per heavy atom. The van der Waals surface area contributed by atoms with E-state index in [-0.39, 0.29) is 34.5 Å². The van der Waals surface area contributed by atoms with E-state index < -0.39 is 57.8 Å². The maximum atomic E-state index is 14.5. The molecule has 37 heavy (non-hydrogen) atoms. The molecule has 1 N–H and O–H groups in total. The maximum absolute atomic E-state index is 14.5. The van der Waals surface area contributed by atoms with Crippen molar-refractivity contribution in [2.24, 2.45) is 0 Å². The predicted octanol–water partition coefficient (Wildman–Crippen LogP) is 4.31. The van der Waals surface area contributed by atoms with Crippen molar-refractivity contribution in [1.82, 2.24) is 24.7 Å². The first-order chi connectivity index (χ1) is 17.4. The third-order valence-corrected chi connectivity index (χ3v) is 6.18. The van der Waals surface area contributed by atoms with Gasteiger partial charge in [-0.1, -0.05) is 12.1 Å². The molecule has 0 spiro atoms. The van der Waals surface area contributed by atoms with Gasteiger partial charge in [0.2, 0.25) is 5.91 Å². The Kier molecular flexibility index (Phi) is 5.22. The highest BCUT2D eigenvalue weighted by Crippen LogP contribution is 2.49. The van der Waals surface area contributed by atoms with E-state index in [4.69, 9.17) is 0 Å². The van der Waals surface area contributed by atoms with Crippen LogP contribution in [0.5, 0.6) is 0 Å². The Labute approximate surface area is 203 Å². The molecular weight excluding hydrogens is 504 g/mol. The van der Waals surface area contributed by atoms with E-state index in [1.54, 1.807) is 6.07 Å². The molecule has 4 aromatic rings. The minimum Gasteiger partial charge on any atom is -0.309 e. The Morgan fingerprint density at radius 3 is 2.54 bits per heavy atom. The third kappa shape index (κ3) is 3.49. The van der Waals surface area contributed by atoms with Crippen molar-refractivity contribution in [3.63, 3.8) is 0 Å². The number of anilines is 1. The summed E-state index contributed by atoms with van der Waals surface area (Å²) in [5, 5.41) is 15.9. The standard InChI is InChI=1S/C23H13F6N7O/c1-9-13(25)6-11-17(35-36(20(11)31-9)8-10-4-3-5-12(24)16(10)26)19-32-14(7-30)15-18(33-19)34-21(37)22(15,2)23(27,28)29/h3-6H,8H2,1-2H3,(H,32,33,34,37). The highest BCUT2D eigenvalue weighted by atomic mass is 19.4. The molecule has 5 rings (SSSR count). The number of aryl methyl sites for hydroxylation is 1. The fourth-order valence-electron chi connectivity index (χ4n) is 4.10. The summed E-state index contributed by atoms with van der Waals surface area (Å²) in [4.78, 5) is 24.3. The highest BCUT2D eigenvalue weighted by Gasteiger charge is 2.63. The fraction of sp³-hybridized carbons (Fsp3) is 0.217. The fourth-order valence-corrected chi connectivity index (χ4v) is 4.10. The molecule has 1 atom stereocenters. The summed E-state index contributed by atoms with van der Waals surface area (Å²) in [5.41, 5.74) is -4.90. The van der Waals surface area contributed by atoms with Crippen molar-refractivity contribution in [3.8, 4) is 17.6 Å². The zero-order valence-electron chi connectivity index (χ0n) is 18.9. The molecule has 1 aliphatic heterocycles. The molecule has 4 heterocycles. The molecule has 8 nitrogen and oxygen atoms in total. The Balaban J connectivity index is 1.74. The maximum Gasteiger partial charge on any atom is 0.407 e. The Morgan fingerprint density at radius 2 is 1.86 bits per heavy atom. The average Bonchev–Trinajstić information content (AvgIpc) is 3.31. The molecule has 1 unspecified atom stereocenters. The monoisotopic (exact) mass is 517 g/mol. The lowest BCUT2D eigenvalue weighted by Crippen LogP contribution is -2.45. The summed E-state index contributed by atoms with van der Waals surface area (Å²) in [6.07, 6.45) is -5.06. The predicted molar refractivity (Wildman–Crippen MR) is 115 cm³/mol. The van der Waals surface area contributed by atoms with Gasteiger partial charge in [-0.2, -0.15) is 23.5 Å². The number of halogens is 6. The summed E-state index contributed by atoms with van der Waals surface area (Å²) >= 11 is 0. The number of nitriles is 1. The second-order valence-corrected chi connectivity index (χ2v) is 8.45. The molecule has 0 bridgehead atoms. The number of benzene rings is 1. The zero-order valence-corrected chi connectivity index (χ0v) is 18.9. The summed E-state index contributed by atoms with van der Waals surface area (Å²) in [6, 6.07) is 6.09. The number of pyridine rings is 1. The molecule has 3 aromatic heterocycles. The Hall–Kier alpha value is -4.54. The van der Waals surface area contributed by atoms with Gasteiger partial charge in [0, 0.05) is 5.56 Å². The largest absolute Gasteiger partial charge is 0.407 e. The Bertz CT molecular complexity index is 1670. The molecule has 14 heteroatoms. The molecular formula is C23H13F6N7O. The van der Waals surface area contributed by atoms with Crippen molar-refractivity contribution in [2.75, 3.05) is 5.32 Å². The van der Waals surface area contributed by atoms with Crippen molar-refractivity contribution in [3.05, 3.63) is 64.2 Å². The number of rotatable bonds is 3. The van der Waals surface area contributed by atoms with Gasteiger partial charge in [0.15, 0.2) is 34.2 Å². The van der Waals surface area contributed by atoms with E-state index in [1.807, 2.05) is 5.32 Å². The van der Waals surface area contributed by atoms with Crippen LogP contribution < -0.4 is 5.32 Å². The van der Waals surface area contributed by atoms with Gasteiger partial charge in [0.1, 0.15) is 23.4 Å². The van der Waals surface area contributed by atoms with Crippen LogP contribution in [-0.4, -0.2) is 36.8 Å². The van der Waals surface area contributed by atoms with E-state index in [9.17, 15) is 36.4 Å². The van der Waals surface area contributed by atoms with Crippen LogP contribution in [0.15, 0.2) is 24.3 Å².